The van der Waals surface area contributed by atoms with Gasteiger partial charge in [-0.1, -0.05) is 48.6 Å². The van der Waals surface area contributed by atoms with Gasteiger partial charge >= 0.3 is 0 Å². The standard InChI is InChI=1S/C20H14N4/c21-11-19(12-22)17-8-4-7-16(15-5-2-1-3-6-15)9-18(10-17)20(19,13-23)14-24/h1-7,9,17-18H,8,10H2/t17-,18-/m0/s1. The maximum atomic E-state index is 9.78. The van der Waals surface area contributed by atoms with Crippen LogP contribution >= 0.6 is 0 Å². The van der Waals surface area contributed by atoms with Crippen LogP contribution in [0.25, 0.3) is 5.57 Å². The highest BCUT2D eigenvalue weighted by Crippen LogP contribution is 2.61. The monoisotopic (exact) mass is 310 g/mol. The summed E-state index contributed by atoms with van der Waals surface area (Å²) in [6.07, 6.45) is 6.78. The summed E-state index contributed by atoms with van der Waals surface area (Å²) in [4.78, 5) is 0. The highest BCUT2D eigenvalue weighted by atomic mass is 14.7. The van der Waals surface area contributed by atoms with Crippen LogP contribution in [0.5, 0.6) is 0 Å². The Morgan fingerprint density at radius 1 is 0.875 bits per heavy atom. The van der Waals surface area contributed by atoms with Gasteiger partial charge in [-0.25, -0.2) is 0 Å². The number of hydrogen-bond donors (Lipinski definition) is 0. The van der Waals surface area contributed by atoms with Crippen LogP contribution in [0.2, 0.25) is 0 Å². The van der Waals surface area contributed by atoms with Gasteiger partial charge in [-0.05, 0) is 29.9 Å². The number of benzene rings is 1. The van der Waals surface area contributed by atoms with E-state index in [1.807, 2.05) is 72.8 Å². The molecule has 114 valence electrons. The lowest BCUT2D eigenvalue weighted by Gasteiger charge is -2.29. The summed E-state index contributed by atoms with van der Waals surface area (Å²) in [6, 6.07) is 17.9. The minimum atomic E-state index is -1.65. The van der Waals surface area contributed by atoms with Crippen molar-refractivity contribution >= 4 is 5.57 Å². The Kier molecular flexibility index (Phi) is 3.69. The van der Waals surface area contributed by atoms with Gasteiger partial charge in [0.2, 0.25) is 0 Å². The van der Waals surface area contributed by atoms with Crippen molar-refractivity contribution in [2.45, 2.75) is 12.8 Å². The maximum Gasteiger partial charge on any atom is 0.181 e. The SMILES string of the molecule is N#CC1(C#N)[C@H]2CC=CC(c3ccccc3)=C[C@@H](C2)C1(C#N)C#N. The minimum Gasteiger partial charge on any atom is -0.196 e. The van der Waals surface area contributed by atoms with Gasteiger partial charge in [-0.3, -0.25) is 0 Å². The number of nitriles is 4. The molecule has 0 aliphatic heterocycles. The largest absolute Gasteiger partial charge is 0.196 e. The maximum absolute atomic E-state index is 9.78. The third-order valence-corrected chi connectivity index (χ3v) is 5.24. The van der Waals surface area contributed by atoms with E-state index < -0.39 is 16.7 Å². The molecule has 3 rings (SSSR count). The predicted octanol–water partition coefficient (Wildman–Crippen LogP) is 3.73. The number of allylic oxidation sites excluding steroid dienone is 4. The van der Waals surface area contributed by atoms with Gasteiger partial charge in [0.25, 0.3) is 0 Å². The molecule has 0 spiro atoms. The lowest BCUT2D eigenvalue weighted by molar-refractivity contribution is 0.266. The van der Waals surface area contributed by atoms with Gasteiger partial charge in [0.05, 0.1) is 24.3 Å². The first-order chi connectivity index (χ1) is 11.7. The Morgan fingerprint density at radius 3 is 2.08 bits per heavy atom. The molecule has 1 fully saturated rings. The van der Waals surface area contributed by atoms with Crippen molar-refractivity contribution in [1.29, 1.82) is 21.0 Å². The molecule has 0 aromatic heterocycles. The van der Waals surface area contributed by atoms with E-state index in [4.69, 9.17) is 0 Å². The minimum absolute atomic E-state index is 0.318. The molecule has 1 aromatic carbocycles. The Balaban J connectivity index is 2.21. The van der Waals surface area contributed by atoms with Crippen molar-refractivity contribution in [3.05, 3.63) is 54.1 Å². The van der Waals surface area contributed by atoms with Gasteiger partial charge < -0.3 is 0 Å². The van der Waals surface area contributed by atoms with Gasteiger partial charge in [-0.2, -0.15) is 21.0 Å². The third-order valence-electron chi connectivity index (χ3n) is 5.24. The number of hydrogen-bond acceptors (Lipinski definition) is 4. The van der Waals surface area contributed by atoms with Gasteiger partial charge in [0, 0.05) is 5.92 Å². The first-order valence-electron chi connectivity index (χ1n) is 7.76. The zero-order chi connectivity index (χ0) is 17.2. The number of fused-ring (bicyclic) bond motifs is 2. The molecule has 2 bridgehead atoms. The lowest BCUT2D eigenvalue weighted by atomic mass is 9.62. The average Bonchev–Trinajstić information content (AvgIpc) is 2.90. The van der Waals surface area contributed by atoms with Crippen molar-refractivity contribution in [3.8, 4) is 24.3 Å². The smallest absolute Gasteiger partial charge is 0.181 e. The van der Waals surface area contributed by atoms with Crippen LogP contribution in [0.4, 0.5) is 0 Å². The Bertz CT molecular complexity index is 853. The molecule has 4 nitrogen and oxygen atoms in total. The van der Waals surface area contributed by atoms with Crippen LogP contribution in [0.3, 0.4) is 0 Å². The van der Waals surface area contributed by atoms with Crippen molar-refractivity contribution in [2.24, 2.45) is 22.7 Å². The molecule has 2 aliphatic rings. The van der Waals surface area contributed by atoms with Gasteiger partial charge in [0.1, 0.15) is 0 Å². The lowest BCUT2D eigenvalue weighted by Crippen LogP contribution is -2.40. The molecule has 0 saturated heterocycles. The van der Waals surface area contributed by atoms with Crippen LogP contribution in [0.15, 0.2) is 48.6 Å². The molecule has 4 heteroatoms. The van der Waals surface area contributed by atoms with Crippen LogP contribution in [0, 0.1) is 68.0 Å². The first-order valence-corrected chi connectivity index (χ1v) is 7.76. The van der Waals surface area contributed by atoms with Crippen molar-refractivity contribution in [1.82, 2.24) is 0 Å². The number of rotatable bonds is 1. The van der Waals surface area contributed by atoms with E-state index in [-0.39, 0.29) is 5.92 Å². The molecule has 1 aromatic rings. The summed E-state index contributed by atoms with van der Waals surface area (Å²) in [5.74, 6) is -0.765. The summed E-state index contributed by atoms with van der Waals surface area (Å²) in [7, 11) is 0. The van der Waals surface area contributed by atoms with E-state index in [2.05, 4.69) is 0 Å². The van der Waals surface area contributed by atoms with Crippen LogP contribution in [0.1, 0.15) is 18.4 Å². The topological polar surface area (TPSA) is 95.2 Å². The van der Waals surface area contributed by atoms with Crippen molar-refractivity contribution in [3.63, 3.8) is 0 Å². The fourth-order valence-electron chi connectivity index (χ4n) is 3.95. The molecular formula is C20H14N4. The Hall–Kier alpha value is -3.34. The van der Waals surface area contributed by atoms with E-state index in [0.29, 0.717) is 12.8 Å². The molecule has 0 radical (unpaired) electrons. The van der Waals surface area contributed by atoms with Gasteiger partial charge in [-0.15, -0.1) is 0 Å². The van der Waals surface area contributed by atoms with E-state index in [1.54, 1.807) is 0 Å². The second kappa shape index (κ2) is 5.70. The highest BCUT2D eigenvalue weighted by Gasteiger charge is 2.67. The zero-order valence-electron chi connectivity index (χ0n) is 13.0. The zero-order valence-corrected chi connectivity index (χ0v) is 13.0. The average molecular weight is 310 g/mol. The molecule has 24 heavy (non-hydrogen) atoms. The summed E-state index contributed by atoms with van der Waals surface area (Å²) in [6.45, 7) is 0. The van der Waals surface area contributed by atoms with Crippen molar-refractivity contribution in [2.75, 3.05) is 0 Å². The van der Waals surface area contributed by atoms with E-state index >= 15 is 0 Å². The quantitative estimate of drug-likeness (QED) is 0.789. The Labute approximate surface area is 141 Å². The Morgan fingerprint density at radius 2 is 1.50 bits per heavy atom. The van der Waals surface area contributed by atoms with Crippen LogP contribution in [-0.2, 0) is 0 Å². The fourth-order valence-corrected chi connectivity index (χ4v) is 3.95. The molecule has 1 saturated carbocycles. The second-order valence-corrected chi connectivity index (χ2v) is 6.23. The summed E-state index contributed by atoms with van der Waals surface area (Å²) >= 11 is 0. The summed E-state index contributed by atoms with van der Waals surface area (Å²) in [5.41, 5.74) is -1.34. The second-order valence-electron chi connectivity index (χ2n) is 6.23. The highest BCUT2D eigenvalue weighted by molar-refractivity contribution is 5.75. The van der Waals surface area contributed by atoms with Crippen LogP contribution in [-0.4, -0.2) is 0 Å². The summed E-state index contributed by atoms with van der Waals surface area (Å²) in [5, 5.41) is 39.0. The fraction of sp³-hybridized carbons (Fsp3) is 0.300. The van der Waals surface area contributed by atoms with Crippen LogP contribution < -0.4 is 0 Å². The van der Waals surface area contributed by atoms with E-state index in [0.717, 1.165) is 11.1 Å². The molecule has 0 amide bonds. The number of nitrogens with zero attached hydrogens (tertiary/aromatic N) is 4. The normalized spacial score (nSPS) is 25.8. The summed E-state index contributed by atoms with van der Waals surface area (Å²) < 4.78 is 0. The van der Waals surface area contributed by atoms with E-state index in [1.165, 1.54) is 0 Å². The molecule has 2 aliphatic carbocycles. The third kappa shape index (κ3) is 1.88. The first kappa shape index (κ1) is 15.6. The molecule has 2 atom stereocenters. The molecule has 0 heterocycles. The van der Waals surface area contributed by atoms with E-state index in [9.17, 15) is 21.0 Å². The van der Waals surface area contributed by atoms with Gasteiger partial charge in [0.15, 0.2) is 10.8 Å². The predicted molar refractivity (Wildman–Crippen MR) is 87.1 cm³/mol. The molecule has 0 N–H and O–H groups in total. The molecular weight excluding hydrogens is 296 g/mol. The van der Waals surface area contributed by atoms with Crippen molar-refractivity contribution < 1.29 is 0 Å². The molecule has 0 unspecified atom stereocenters.